The molecule has 1 fully saturated rings. The number of carbonyl (C=O) groups is 13. The molecule has 1 saturated heterocycles. The number of nitrogens with one attached hydrogen (secondary N) is 10. The molecular formula is C54H86N12O20. The number of phenols is 1. The van der Waals surface area contributed by atoms with Crippen molar-refractivity contribution in [1.82, 2.24) is 58.1 Å². The molecule has 19 N–H and O–H groups in total. The van der Waals surface area contributed by atoms with Crippen LogP contribution >= 0.6 is 0 Å². The van der Waals surface area contributed by atoms with Crippen LogP contribution in [0.1, 0.15) is 106 Å². The number of hydrogen-bond donors (Lipinski definition) is 18. The van der Waals surface area contributed by atoms with E-state index in [-0.39, 0.29) is 49.8 Å². The standard InChI is InChI=1S/C54H86N12O20/c1-24(2)19-33(55)46(77)59-34(16-17-40(72)73)47(78)64-42(30(9)70)52(83)65-41(29(8)69)51(82)58-26(5)43(74)56-27(6)45(76)62-37(22-67)49(80)60-35(20-25(3)4)48(79)57-28(7)44(75)61-36(21-31-12-14-32(71)15-13-31)53(84)66-18-10-11-39(66)50(81)63-38(23-68)54(85)86/h12-15,24-30,33-39,41-42,67-71H,10-11,16-23,55H2,1-9H3,(H,56,74)(H,57,79)(H,58,82)(H,59,77)(H,60,80)(H,61,75)(H,62,76)(H,63,81)(H,64,78)(H,65,83)(H,72,73)(H,85,86)/t26-,27-,28-,29+,30+,33-,34-,35-,36-,37-,38-,39-,41-,42-/m0/s1. The van der Waals surface area contributed by atoms with E-state index in [1.54, 1.807) is 27.7 Å². The van der Waals surface area contributed by atoms with E-state index in [0.29, 0.717) is 12.0 Å². The molecule has 0 radical (unpaired) electrons. The molecule has 1 aliphatic heterocycles. The van der Waals surface area contributed by atoms with Gasteiger partial charge in [-0.3, -0.25) is 57.5 Å². The van der Waals surface area contributed by atoms with Crippen LogP contribution in [-0.2, 0) is 68.7 Å². The number of aliphatic hydroxyl groups is 4. The summed E-state index contributed by atoms with van der Waals surface area (Å²) >= 11 is 0. The highest BCUT2D eigenvalue weighted by Crippen LogP contribution is 2.21. The lowest BCUT2D eigenvalue weighted by Crippen LogP contribution is -2.63. The van der Waals surface area contributed by atoms with Crippen molar-refractivity contribution in [3.63, 3.8) is 0 Å². The number of phenolic OH excluding ortho intramolecular Hbond substituents is 1. The Morgan fingerprint density at radius 3 is 1.44 bits per heavy atom. The van der Waals surface area contributed by atoms with E-state index in [2.05, 4.69) is 53.2 Å². The van der Waals surface area contributed by atoms with E-state index in [9.17, 15) is 98.1 Å². The van der Waals surface area contributed by atoms with Gasteiger partial charge in [-0.05, 0) is 96.3 Å². The van der Waals surface area contributed by atoms with Crippen LogP contribution in [0.3, 0.4) is 0 Å². The van der Waals surface area contributed by atoms with E-state index in [4.69, 9.17) is 5.73 Å². The Balaban J connectivity index is 2.15. The molecule has 1 aromatic carbocycles. The Morgan fingerprint density at radius 2 is 0.953 bits per heavy atom. The number of aliphatic carboxylic acids is 2. The number of carboxylic acid groups (broad SMARTS) is 2. The number of rotatable bonds is 35. The Bertz CT molecular complexity index is 2550. The first-order chi connectivity index (χ1) is 40.1. The van der Waals surface area contributed by atoms with Crippen LogP contribution in [-0.4, -0.2) is 222 Å². The van der Waals surface area contributed by atoms with E-state index in [1.165, 1.54) is 38.1 Å². The number of nitrogens with two attached hydrogens (primary N) is 1. The first kappa shape index (κ1) is 74.0. The minimum atomic E-state index is -1.85. The van der Waals surface area contributed by atoms with Gasteiger partial charge in [0.05, 0.1) is 31.5 Å². The summed E-state index contributed by atoms with van der Waals surface area (Å²) in [6, 6.07) is -12.4. The number of nitrogens with zero attached hydrogens (tertiary/aromatic N) is 1. The number of carboxylic acids is 2. The maximum Gasteiger partial charge on any atom is 0.328 e. The number of aliphatic hydroxyl groups excluding tert-OH is 4. The summed E-state index contributed by atoms with van der Waals surface area (Å²) in [5, 5.41) is 92.3. The minimum absolute atomic E-state index is 0.0201. The summed E-state index contributed by atoms with van der Waals surface area (Å²) in [7, 11) is 0. The van der Waals surface area contributed by atoms with Crippen molar-refractivity contribution in [2.24, 2.45) is 17.6 Å². The van der Waals surface area contributed by atoms with Gasteiger partial charge in [-0.25, -0.2) is 4.79 Å². The highest BCUT2D eigenvalue weighted by atomic mass is 16.4. The van der Waals surface area contributed by atoms with Gasteiger partial charge in [0, 0.05) is 19.4 Å². The summed E-state index contributed by atoms with van der Waals surface area (Å²) in [6.45, 7) is 10.9. The normalized spacial score (nSPS) is 17.6. The van der Waals surface area contributed by atoms with Crippen LogP contribution in [0.5, 0.6) is 5.75 Å². The lowest BCUT2D eigenvalue weighted by atomic mass is 10.0. The van der Waals surface area contributed by atoms with E-state index >= 15 is 0 Å². The van der Waals surface area contributed by atoms with E-state index < -0.39 is 188 Å². The average Bonchev–Trinajstić information content (AvgIpc) is 2.25. The second-order valence-electron chi connectivity index (χ2n) is 22.0. The molecule has 0 aromatic heterocycles. The predicted octanol–water partition coefficient (Wildman–Crippen LogP) is -6.05. The summed E-state index contributed by atoms with van der Waals surface area (Å²) in [5.74, 6) is -14.0. The molecule has 0 spiro atoms. The number of aromatic hydroxyl groups is 1. The quantitative estimate of drug-likeness (QED) is 0.0301. The van der Waals surface area contributed by atoms with Crippen molar-refractivity contribution in [3.8, 4) is 5.75 Å². The number of likely N-dealkylation sites (tertiary alicyclic amines) is 1. The van der Waals surface area contributed by atoms with Gasteiger partial charge in [0.2, 0.25) is 65.0 Å². The highest BCUT2D eigenvalue weighted by Gasteiger charge is 2.41. The van der Waals surface area contributed by atoms with Crippen molar-refractivity contribution >= 4 is 76.9 Å². The fourth-order valence-electron chi connectivity index (χ4n) is 8.68. The second kappa shape index (κ2) is 35.4. The molecule has 482 valence electrons. The van der Waals surface area contributed by atoms with Crippen LogP contribution in [0.4, 0.5) is 0 Å². The summed E-state index contributed by atoms with van der Waals surface area (Å²) < 4.78 is 0. The van der Waals surface area contributed by atoms with Gasteiger partial charge in [0.25, 0.3) is 0 Å². The molecule has 0 saturated carbocycles. The molecule has 0 aliphatic carbocycles. The van der Waals surface area contributed by atoms with E-state index in [0.717, 1.165) is 25.7 Å². The van der Waals surface area contributed by atoms with Gasteiger partial charge in [0.15, 0.2) is 0 Å². The van der Waals surface area contributed by atoms with Gasteiger partial charge < -0.3 is 99.5 Å². The molecule has 0 unspecified atom stereocenters. The molecule has 2 rings (SSSR count). The Kier molecular flexibility index (Phi) is 30.5. The van der Waals surface area contributed by atoms with Crippen LogP contribution in [0.15, 0.2) is 24.3 Å². The first-order valence-electron chi connectivity index (χ1n) is 28.0. The fourth-order valence-corrected chi connectivity index (χ4v) is 8.68. The monoisotopic (exact) mass is 1220 g/mol. The Morgan fingerprint density at radius 1 is 0.523 bits per heavy atom. The average molecular weight is 1220 g/mol. The maximum atomic E-state index is 14.1. The molecule has 32 heteroatoms. The van der Waals surface area contributed by atoms with Crippen molar-refractivity contribution in [2.75, 3.05) is 19.8 Å². The van der Waals surface area contributed by atoms with E-state index in [1.807, 2.05) is 0 Å². The Labute approximate surface area is 496 Å². The minimum Gasteiger partial charge on any atom is -0.508 e. The van der Waals surface area contributed by atoms with Crippen LogP contribution in [0, 0.1) is 11.8 Å². The predicted molar refractivity (Wildman–Crippen MR) is 302 cm³/mol. The maximum absolute atomic E-state index is 14.1. The lowest BCUT2D eigenvalue weighted by Gasteiger charge is -2.30. The topological polar surface area (TPSA) is 513 Å². The first-order valence-corrected chi connectivity index (χ1v) is 28.0. The van der Waals surface area contributed by atoms with Gasteiger partial charge in [-0.15, -0.1) is 0 Å². The van der Waals surface area contributed by atoms with Crippen molar-refractivity contribution in [3.05, 3.63) is 29.8 Å². The lowest BCUT2D eigenvalue weighted by molar-refractivity contribution is -0.145. The van der Waals surface area contributed by atoms with Gasteiger partial charge in [0.1, 0.15) is 72.2 Å². The number of amides is 11. The molecule has 1 aromatic rings. The largest absolute Gasteiger partial charge is 0.508 e. The number of hydrogen-bond acceptors (Lipinski definition) is 19. The molecule has 86 heavy (non-hydrogen) atoms. The second-order valence-corrected chi connectivity index (χ2v) is 22.0. The highest BCUT2D eigenvalue weighted by molar-refractivity contribution is 5.99. The smallest absolute Gasteiger partial charge is 0.328 e. The molecule has 1 aliphatic rings. The van der Waals surface area contributed by atoms with Crippen LogP contribution < -0.4 is 58.9 Å². The molecule has 11 amide bonds. The van der Waals surface area contributed by atoms with Gasteiger partial charge in [-0.1, -0.05) is 39.8 Å². The molecule has 0 bridgehead atoms. The third-order valence-corrected chi connectivity index (χ3v) is 13.5. The van der Waals surface area contributed by atoms with Crippen molar-refractivity contribution in [1.29, 1.82) is 0 Å². The van der Waals surface area contributed by atoms with Gasteiger partial charge in [-0.2, -0.15) is 0 Å². The number of carbonyl (C=O) groups excluding carboxylic acids is 11. The SMILES string of the molecule is CC(C)C[C@H](NC(=O)[C@H](CO)NC(=O)[C@H](C)NC(=O)[C@H](C)NC(=O)[C@@H](NC(=O)[C@@H](NC(=O)[C@H](CCC(=O)O)NC(=O)[C@@H](N)CC(C)C)[C@@H](C)O)[C@@H](C)O)C(=O)N[C@@H](C)C(=O)N[C@@H](Cc1ccc(O)cc1)C(=O)N1CCC[C@H]1C(=O)N[C@@H](CO)C(=O)O. The molecule has 14 atom stereocenters. The zero-order valence-electron chi connectivity index (χ0n) is 49.6. The van der Waals surface area contributed by atoms with Gasteiger partial charge >= 0.3 is 11.9 Å². The Hall–Kier alpha value is -8.07. The van der Waals surface area contributed by atoms with Crippen LogP contribution in [0.25, 0.3) is 0 Å². The third kappa shape index (κ3) is 24.1. The summed E-state index contributed by atoms with van der Waals surface area (Å²) in [6.07, 6.45) is -3.93. The molecule has 32 nitrogen and oxygen atoms in total. The fraction of sp³-hybridized carbons (Fsp3) is 0.648. The van der Waals surface area contributed by atoms with Crippen LogP contribution in [0.2, 0.25) is 0 Å². The third-order valence-electron chi connectivity index (χ3n) is 13.5. The van der Waals surface area contributed by atoms with Crippen molar-refractivity contribution in [2.45, 2.75) is 192 Å². The summed E-state index contributed by atoms with van der Waals surface area (Å²) in [5.41, 5.74) is 6.39. The molecular weight excluding hydrogens is 1140 g/mol. The zero-order chi connectivity index (χ0) is 65.4. The molecule has 1 heterocycles. The zero-order valence-corrected chi connectivity index (χ0v) is 49.6. The summed E-state index contributed by atoms with van der Waals surface area (Å²) in [4.78, 5) is 172. The van der Waals surface area contributed by atoms with Crippen molar-refractivity contribution < 1.29 is 98.1 Å². The number of benzene rings is 1.